The van der Waals surface area contributed by atoms with Crippen molar-refractivity contribution < 1.29 is 13.2 Å². The molecule has 1 nitrogen and oxygen atoms in total. The fourth-order valence-electron chi connectivity index (χ4n) is 2.06. The zero-order valence-electron chi connectivity index (χ0n) is 10.8. The Hall–Kier alpha value is -1.33. The van der Waals surface area contributed by atoms with E-state index in [1.54, 1.807) is 6.07 Å². The Morgan fingerprint density at radius 3 is 2.40 bits per heavy atom. The maximum absolute atomic E-state index is 13.9. The smallest absolute Gasteiger partial charge is 0.161 e. The van der Waals surface area contributed by atoms with E-state index < -0.39 is 23.5 Å². The molecule has 106 valence electrons. The van der Waals surface area contributed by atoms with Crippen LogP contribution in [-0.4, -0.2) is 6.54 Å². The highest BCUT2D eigenvalue weighted by Gasteiger charge is 2.20. The van der Waals surface area contributed by atoms with Crippen LogP contribution in [0.4, 0.5) is 13.2 Å². The maximum atomic E-state index is 13.9. The zero-order chi connectivity index (χ0) is 14.7. The van der Waals surface area contributed by atoms with Gasteiger partial charge in [-0.15, -0.1) is 0 Å². The molecule has 2 rings (SSSR count). The average molecular weight is 344 g/mol. The lowest BCUT2D eigenvalue weighted by molar-refractivity contribution is 0.481. The lowest BCUT2D eigenvalue weighted by Gasteiger charge is -2.20. The Balaban J connectivity index is 2.51. The molecule has 5 heteroatoms. The summed E-state index contributed by atoms with van der Waals surface area (Å²) in [5.41, 5.74) is 0.856. The van der Waals surface area contributed by atoms with E-state index in [2.05, 4.69) is 21.2 Å². The Kier molecular flexibility index (Phi) is 4.83. The summed E-state index contributed by atoms with van der Waals surface area (Å²) in [5.74, 6) is -3.01. The topological polar surface area (TPSA) is 12.0 Å². The van der Waals surface area contributed by atoms with E-state index in [4.69, 9.17) is 0 Å². The third-order valence-electron chi connectivity index (χ3n) is 2.94. The van der Waals surface area contributed by atoms with Crippen molar-refractivity contribution in [3.8, 4) is 0 Å². The zero-order valence-corrected chi connectivity index (χ0v) is 12.3. The third-order valence-corrected chi connectivity index (χ3v) is 3.43. The van der Waals surface area contributed by atoms with E-state index in [0.717, 1.165) is 16.1 Å². The van der Waals surface area contributed by atoms with Gasteiger partial charge in [-0.3, -0.25) is 0 Å². The summed E-state index contributed by atoms with van der Waals surface area (Å²) >= 11 is 3.34. The quantitative estimate of drug-likeness (QED) is 0.802. The molecule has 1 unspecified atom stereocenters. The molecule has 0 saturated carbocycles. The van der Waals surface area contributed by atoms with Crippen LogP contribution < -0.4 is 5.32 Å². The minimum absolute atomic E-state index is 0.0869. The minimum atomic E-state index is -1.18. The lowest BCUT2D eigenvalue weighted by Crippen LogP contribution is -2.23. The molecule has 20 heavy (non-hydrogen) atoms. The van der Waals surface area contributed by atoms with E-state index in [-0.39, 0.29) is 5.56 Å². The standard InChI is InChI=1S/C15H13BrF3N/c1-2-20-15(9-4-3-5-10(16)6-9)11-7-13(18)14(19)8-12(11)17/h3-8,15,20H,2H2,1H3. The van der Waals surface area contributed by atoms with Crippen LogP contribution in [0.1, 0.15) is 24.1 Å². The van der Waals surface area contributed by atoms with Crippen LogP contribution in [0.2, 0.25) is 0 Å². The van der Waals surface area contributed by atoms with Gasteiger partial charge in [0.25, 0.3) is 0 Å². The summed E-state index contributed by atoms with van der Waals surface area (Å²) in [5, 5.41) is 3.08. The predicted octanol–water partition coefficient (Wildman–Crippen LogP) is 4.57. The van der Waals surface area contributed by atoms with Crippen molar-refractivity contribution in [2.24, 2.45) is 0 Å². The Morgan fingerprint density at radius 2 is 1.75 bits per heavy atom. The average Bonchev–Trinajstić information content (AvgIpc) is 2.40. The fraction of sp³-hybridized carbons (Fsp3) is 0.200. The van der Waals surface area contributed by atoms with Gasteiger partial charge in [-0.25, -0.2) is 13.2 Å². The van der Waals surface area contributed by atoms with Crippen molar-refractivity contribution in [3.63, 3.8) is 0 Å². The van der Waals surface area contributed by atoms with Crippen LogP contribution in [0.3, 0.4) is 0 Å². The first-order valence-electron chi connectivity index (χ1n) is 6.16. The van der Waals surface area contributed by atoms with E-state index in [1.165, 1.54) is 0 Å². The van der Waals surface area contributed by atoms with Gasteiger partial charge in [0.2, 0.25) is 0 Å². The number of rotatable bonds is 4. The molecule has 0 bridgehead atoms. The third kappa shape index (κ3) is 3.22. The molecule has 1 N–H and O–H groups in total. The summed E-state index contributed by atoms with van der Waals surface area (Å²) in [4.78, 5) is 0. The van der Waals surface area contributed by atoms with E-state index >= 15 is 0 Å². The first-order valence-corrected chi connectivity index (χ1v) is 6.95. The van der Waals surface area contributed by atoms with Crippen LogP contribution in [0.25, 0.3) is 0 Å². The molecular weight excluding hydrogens is 331 g/mol. The molecule has 0 aliphatic heterocycles. The van der Waals surface area contributed by atoms with Crippen LogP contribution in [0.5, 0.6) is 0 Å². The van der Waals surface area contributed by atoms with Crippen LogP contribution in [0.15, 0.2) is 40.9 Å². The number of nitrogens with one attached hydrogen (secondary N) is 1. The SMILES string of the molecule is CCNC(c1cccc(Br)c1)c1cc(F)c(F)cc1F. The predicted molar refractivity (Wildman–Crippen MR) is 76.0 cm³/mol. The number of hydrogen-bond donors (Lipinski definition) is 1. The van der Waals surface area contributed by atoms with Gasteiger partial charge in [0.05, 0.1) is 6.04 Å². The van der Waals surface area contributed by atoms with Crippen LogP contribution in [0, 0.1) is 17.5 Å². The Bertz CT molecular complexity index is 616. The first-order chi connectivity index (χ1) is 9.52. The summed E-state index contributed by atoms with van der Waals surface area (Å²) < 4.78 is 41.2. The highest BCUT2D eigenvalue weighted by molar-refractivity contribution is 9.10. The minimum Gasteiger partial charge on any atom is -0.306 e. The van der Waals surface area contributed by atoms with Crippen molar-refractivity contribution >= 4 is 15.9 Å². The van der Waals surface area contributed by atoms with Crippen LogP contribution in [-0.2, 0) is 0 Å². The molecule has 0 radical (unpaired) electrons. The van der Waals surface area contributed by atoms with Gasteiger partial charge in [0.1, 0.15) is 5.82 Å². The number of hydrogen-bond acceptors (Lipinski definition) is 1. The normalized spacial score (nSPS) is 12.4. The summed E-state index contributed by atoms with van der Waals surface area (Å²) in [6.45, 7) is 2.43. The molecule has 2 aromatic carbocycles. The Labute approximate surface area is 123 Å². The van der Waals surface area contributed by atoms with Crippen molar-refractivity contribution in [1.29, 1.82) is 0 Å². The van der Waals surface area contributed by atoms with Gasteiger partial charge < -0.3 is 5.32 Å². The summed E-state index contributed by atoms with van der Waals surface area (Å²) in [6, 6.07) is 8.21. The number of benzene rings is 2. The van der Waals surface area contributed by atoms with E-state index in [1.807, 2.05) is 25.1 Å². The monoisotopic (exact) mass is 343 g/mol. The van der Waals surface area contributed by atoms with Gasteiger partial charge in [-0.2, -0.15) is 0 Å². The number of halogens is 4. The largest absolute Gasteiger partial charge is 0.306 e. The highest BCUT2D eigenvalue weighted by Crippen LogP contribution is 2.28. The van der Waals surface area contributed by atoms with Gasteiger partial charge in [-0.1, -0.05) is 35.0 Å². The van der Waals surface area contributed by atoms with Gasteiger partial charge >= 0.3 is 0 Å². The molecule has 0 aliphatic rings. The van der Waals surface area contributed by atoms with Crippen molar-refractivity contribution in [1.82, 2.24) is 5.32 Å². The molecule has 1 atom stereocenters. The molecule has 0 aliphatic carbocycles. The molecule has 0 amide bonds. The lowest BCUT2D eigenvalue weighted by atomic mass is 9.98. The van der Waals surface area contributed by atoms with Crippen molar-refractivity contribution in [2.45, 2.75) is 13.0 Å². The maximum Gasteiger partial charge on any atom is 0.161 e. The van der Waals surface area contributed by atoms with Crippen LogP contribution >= 0.6 is 15.9 Å². The Morgan fingerprint density at radius 1 is 1.05 bits per heavy atom. The second kappa shape index (κ2) is 6.41. The highest BCUT2D eigenvalue weighted by atomic mass is 79.9. The summed E-state index contributed by atoms with van der Waals surface area (Å²) in [6.07, 6.45) is 0. The molecule has 0 fully saturated rings. The van der Waals surface area contributed by atoms with E-state index in [9.17, 15) is 13.2 Å². The van der Waals surface area contributed by atoms with E-state index in [0.29, 0.717) is 12.6 Å². The second-order valence-electron chi connectivity index (χ2n) is 4.33. The van der Waals surface area contributed by atoms with Gasteiger partial charge in [0.15, 0.2) is 11.6 Å². The molecule has 0 spiro atoms. The van der Waals surface area contributed by atoms with Crippen molar-refractivity contribution in [2.75, 3.05) is 6.54 Å². The summed E-state index contributed by atoms with van der Waals surface area (Å²) in [7, 11) is 0. The van der Waals surface area contributed by atoms with Gasteiger partial charge in [-0.05, 0) is 30.3 Å². The van der Waals surface area contributed by atoms with Crippen molar-refractivity contribution in [3.05, 3.63) is 69.4 Å². The fourth-order valence-corrected chi connectivity index (χ4v) is 2.47. The molecular formula is C15H13BrF3N. The molecule has 0 aromatic heterocycles. The second-order valence-corrected chi connectivity index (χ2v) is 5.25. The van der Waals surface area contributed by atoms with Gasteiger partial charge in [0, 0.05) is 16.1 Å². The molecule has 2 aromatic rings. The molecule has 0 saturated heterocycles. The first kappa shape index (κ1) is 15.1. The molecule has 0 heterocycles.